The van der Waals surface area contributed by atoms with Crippen molar-refractivity contribution in [3.05, 3.63) is 24.4 Å². The first-order valence-corrected chi connectivity index (χ1v) is 4.34. The van der Waals surface area contributed by atoms with Crippen molar-refractivity contribution < 1.29 is 0 Å². The van der Waals surface area contributed by atoms with Crippen LogP contribution < -0.4 is 0 Å². The number of hydrogen-bond acceptors (Lipinski definition) is 1. The van der Waals surface area contributed by atoms with Gasteiger partial charge in [-0.25, -0.2) is 0 Å². The molecule has 0 unspecified atom stereocenters. The van der Waals surface area contributed by atoms with Crippen molar-refractivity contribution in [2.45, 2.75) is 27.7 Å². The Morgan fingerprint density at radius 3 is 2.08 bits per heavy atom. The standard InChI is InChI=1S/C11H17N/c1-10(2)5-6-11(3,4)9-12-8-7-10/h5-9H,1-4H3/b6-5?,8-7-,12-9?. The van der Waals surface area contributed by atoms with E-state index >= 15 is 0 Å². The highest BCUT2D eigenvalue weighted by atomic mass is 14.7. The second kappa shape index (κ2) is 2.89. The second-order valence-electron chi connectivity index (χ2n) is 4.57. The van der Waals surface area contributed by atoms with Crippen LogP contribution in [0.2, 0.25) is 0 Å². The van der Waals surface area contributed by atoms with Crippen LogP contribution in [0.5, 0.6) is 0 Å². The largest absolute Gasteiger partial charge is 0.268 e. The fraction of sp³-hybridized carbons (Fsp3) is 0.545. The lowest BCUT2D eigenvalue weighted by molar-refractivity contribution is 0.597. The van der Waals surface area contributed by atoms with E-state index in [1.807, 2.05) is 12.4 Å². The van der Waals surface area contributed by atoms with E-state index in [-0.39, 0.29) is 10.8 Å². The average Bonchev–Trinajstić information content (AvgIpc) is 1.94. The third-order valence-corrected chi connectivity index (χ3v) is 1.94. The van der Waals surface area contributed by atoms with Crippen LogP contribution >= 0.6 is 0 Å². The summed E-state index contributed by atoms with van der Waals surface area (Å²) in [5.41, 5.74) is 0.219. The number of hydrogen-bond donors (Lipinski definition) is 0. The predicted molar refractivity (Wildman–Crippen MR) is 54.3 cm³/mol. The van der Waals surface area contributed by atoms with Gasteiger partial charge in [-0.3, -0.25) is 4.99 Å². The Bertz CT molecular complexity index is 216. The highest BCUT2D eigenvalue weighted by Crippen LogP contribution is 2.25. The molecule has 1 heterocycles. The quantitative estimate of drug-likeness (QED) is 0.486. The zero-order valence-electron chi connectivity index (χ0n) is 8.33. The van der Waals surface area contributed by atoms with Crippen LogP contribution in [0.1, 0.15) is 27.7 Å². The fourth-order valence-corrected chi connectivity index (χ4v) is 0.998. The van der Waals surface area contributed by atoms with Crippen LogP contribution in [-0.2, 0) is 0 Å². The SMILES string of the molecule is CC1(C)C=CC(C)(C)/C=C\N=C1. The molecule has 0 aromatic rings. The van der Waals surface area contributed by atoms with E-state index in [0.717, 1.165) is 0 Å². The molecule has 0 atom stereocenters. The van der Waals surface area contributed by atoms with Crippen LogP contribution in [0.15, 0.2) is 29.4 Å². The average molecular weight is 163 g/mol. The third-order valence-electron chi connectivity index (χ3n) is 1.94. The maximum Gasteiger partial charge on any atom is 0.0232 e. The van der Waals surface area contributed by atoms with Gasteiger partial charge in [0.25, 0.3) is 0 Å². The Hall–Kier alpha value is -0.850. The molecular weight excluding hydrogens is 146 g/mol. The van der Waals surface area contributed by atoms with E-state index in [4.69, 9.17) is 0 Å². The molecule has 66 valence electrons. The molecule has 0 spiro atoms. The smallest absolute Gasteiger partial charge is 0.0232 e. The summed E-state index contributed by atoms with van der Waals surface area (Å²) in [5, 5.41) is 0. The molecule has 0 aromatic carbocycles. The molecule has 0 aliphatic carbocycles. The Morgan fingerprint density at radius 2 is 1.42 bits per heavy atom. The lowest BCUT2D eigenvalue weighted by Crippen LogP contribution is -2.13. The molecule has 1 heteroatoms. The van der Waals surface area contributed by atoms with Gasteiger partial charge in [-0.2, -0.15) is 0 Å². The van der Waals surface area contributed by atoms with Crippen molar-refractivity contribution in [2.24, 2.45) is 15.8 Å². The van der Waals surface area contributed by atoms with Gasteiger partial charge in [-0.1, -0.05) is 45.9 Å². The number of rotatable bonds is 0. The summed E-state index contributed by atoms with van der Waals surface area (Å²) >= 11 is 0. The maximum absolute atomic E-state index is 4.22. The van der Waals surface area contributed by atoms with Gasteiger partial charge in [0.05, 0.1) is 0 Å². The van der Waals surface area contributed by atoms with Crippen molar-refractivity contribution in [3.8, 4) is 0 Å². The Labute approximate surface area is 74.9 Å². The Balaban J connectivity index is 2.97. The molecule has 0 saturated carbocycles. The summed E-state index contributed by atoms with van der Waals surface area (Å²) in [7, 11) is 0. The second-order valence-corrected chi connectivity index (χ2v) is 4.57. The summed E-state index contributed by atoms with van der Waals surface area (Å²) in [6.07, 6.45) is 10.4. The van der Waals surface area contributed by atoms with E-state index in [2.05, 4.69) is 50.9 Å². The molecule has 1 nitrogen and oxygen atoms in total. The van der Waals surface area contributed by atoms with Crippen molar-refractivity contribution in [1.29, 1.82) is 0 Å². The van der Waals surface area contributed by atoms with Crippen LogP contribution in [0.4, 0.5) is 0 Å². The molecule has 0 aromatic heterocycles. The molecule has 1 aliphatic rings. The van der Waals surface area contributed by atoms with Gasteiger partial charge in [0.1, 0.15) is 0 Å². The summed E-state index contributed by atoms with van der Waals surface area (Å²) in [6, 6.07) is 0. The van der Waals surface area contributed by atoms with Crippen molar-refractivity contribution >= 4 is 6.21 Å². The first-order chi connectivity index (χ1) is 5.41. The van der Waals surface area contributed by atoms with E-state index in [1.165, 1.54) is 0 Å². The van der Waals surface area contributed by atoms with Gasteiger partial charge < -0.3 is 0 Å². The molecule has 0 bridgehead atoms. The topological polar surface area (TPSA) is 12.4 Å². The maximum atomic E-state index is 4.22. The van der Waals surface area contributed by atoms with Gasteiger partial charge in [-0.05, 0) is 0 Å². The zero-order chi connectivity index (χ0) is 9.24. The first-order valence-electron chi connectivity index (χ1n) is 4.34. The highest BCUT2D eigenvalue weighted by molar-refractivity contribution is 5.68. The number of aliphatic imine (C=N–C) groups is 1. The van der Waals surface area contributed by atoms with Crippen molar-refractivity contribution in [2.75, 3.05) is 0 Å². The monoisotopic (exact) mass is 163 g/mol. The molecule has 0 saturated heterocycles. The molecule has 1 aliphatic heterocycles. The molecule has 1 rings (SSSR count). The van der Waals surface area contributed by atoms with Gasteiger partial charge in [0.15, 0.2) is 0 Å². The molecular formula is C11H17N. The van der Waals surface area contributed by atoms with E-state index in [0.29, 0.717) is 0 Å². The lowest BCUT2D eigenvalue weighted by atomic mass is 9.86. The van der Waals surface area contributed by atoms with Gasteiger partial charge in [-0.15, -0.1) is 0 Å². The zero-order valence-corrected chi connectivity index (χ0v) is 8.33. The lowest BCUT2D eigenvalue weighted by Gasteiger charge is -2.20. The number of nitrogens with zero attached hydrogens (tertiary/aromatic N) is 1. The summed E-state index contributed by atoms with van der Waals surface area (Å²) in [5.74, 6) is 0. The highest BCUT2D eigenvalue weighted by Gasteiger charge is 2.15. The van der Waals surface area contributed by atoms with E-state index in [1.54, 1.807) is 0 Å². The molecule has 0 fully saturated rings. The van der Waals surface area contributed by atoms with Crippen molar-refractivity contribution in [3.63, 3.8) is 0 Å². The fourth-order valence-electron chi connectivity index (χ4n) is 0.998. The molecule has 0 N–H and O–H groups in total. The van der Waals surface area contributed by atoms with Gasteiger partial charge in [0, 0.05) is 23.2 Å². The Kier molecular flexibility index (Phi) is 2.22. The first kappa shape index (κ1) is 9.24. The third kappa shape index (κ3) is 2.65. The summed E-state index contributed by atoms with van der Waals surface area (Å²) < 4.78 is 0. The Morgan fingerprint density at radius 1 is 0.833 bits per heavy atom. The minimum atomic E-state index is 0.0853. The molecule has 0 amide bonds. The number of allylic oxidation sites excluding steroid dienone is 3. The molecule has 12 heavy (non-hydrogen) atoms. The normalized spacial score (nSPS) is 27.7. The summed E-state index contributed by atoms with van der Waals surface area (Å²) in [4.78, 5) is 4.22. The predicted octanol–water partition coefficient (Wildman–Crippen LogP) is 3.19. The van der Waals surface area contributed by atoms with Crippen molar-refractivity contribution in [1.82, 2.24) is 0 Å². The van der Waals surface area contributed by atoms with Crippen LogP contribution in [0.3, 0.4) is 0 Å². The van der Waals surface area contributed by atoms with Crippen LogP contribution in [0, 0.1) is 10.8 Å². The minimum absolute atomic E-state index is 0.0853. The van der Waals surface area contributed by atoms with Crippen LogP contribution in [-0.4, -0.2) is 6.21 Å². The van der Waals surface area contributed by atoms with Gasteiger partial charge in [0.2, 0.25) is 0 Å². The van der Waals surface area contributed by atoms with E-state index in [9.17, 15) is 0 Å². The van der Waals surface area contributed by atoms with Gasteiger partial charge >= 0.3 is 0 Å². The van der Waals surface area contributed by atoms with E-state index < -0.39 is 0 Å². The minimum Gasteiger partial charge on any atom is -0.268 e. The molecule has 0 radical (unpaired) electrons. The van der Waals surface area contributed by atoms with Crippen LogP contribution in [0.25, 0.3) is 0 Å². The summed E-state index contributed by atoms with van der Waals surface area (Å²) in [6.45, 7) is 8.66.